The fourth-order valence-corrected chi connectivity index (χ4v) is 3.59. The third-order valence-electron chi connectivity index (χ3n) is 1.49. The molecule has 0 aliphatic carbocycles. The van der Waals surface area contributed by atoms with Gasteiger partial charge < -0.3 is 0 Å². The fraction of sp³-hybridized carbons (Fsp3) is 1.00. The monoisotopic (exact) mass is 229 g/mol. The first-order chi connectivity index (χ1) is 5.77. The topological polar surface area (TPSA) is 94.3 Å². The van der Waals surface area contributed by atoms with Gasteiger partial charge in [0.25, 0.3) is 0 Å². The number of primary sulfonamides is 1. The molecule has 13 heavy (non-hydrogen) atoms. The zero-order valence-corrected chi connectivity index (χ0v) is 9.20. The Kier molecular flexibility index (Phi) is 4.87. The van der Waals surface area contributed by atoms with Crippen molar-refractivity contribution in [1.82, 2.24) is 0 Å². The maximum Gasteiger partial charge on any atom is 0.210 e. The van der Waals surface area contributed by atoms with Crippen molar-refractivity contribution in [2.75, 3.05) is 17.3 Å². The highest BCUT2D eigenvalue weighted by atomic mass is 32.2. The van der Waals surface area contributed by atoms with Crippen molar-refractivity contribution in [2.45, 2.75) is 19.8 Å². The molecule has 0 aromatic rings. The molecule has 0 saturated carbocycles. The van der Waals surface area contributed by atoms with Crippen LogP contribution >= 0.6 is 0 Å². The molecule has 0 amide bonds. The van der Waals surface area contributed by atoms with Gasteiger partial charge in [0.1, 0.15) is 0 Å². The fourth-order valence-electron chi connectivity index (χ4n) is 0.709. The SMILES string of the molecule is CCCCS(=O)(=O)CCS(N)(=O)=O. The maximum atomic E-state index is 11.1. The predicted octanol–water partition coefficient (Wildman–Crippen LogP) is -0.510. The second-order valence-corrected chi connectivity index (χ2v) is 6.91. The molecule has 0 spiro atoms. The van der Waals surface area contributed by atoms with Crippen LogP contribution in [0.2, 0.25) is 0 Å². The molecular formula is C6H15NO4S2. The van der Waals surface area contributed by atoms with Gasteiger partial charge in [0.15, 0.2) is 9.84 Å². The van der Waals surface area contributed by atoms with Gasteiger partial charge in [-0.3, -0.25) is 0 Å². The van der Waals surface area contributed by atoms with Crippen molar-refractivity contribution in [3.8, 4) is 0 Å². The molecule has 7 heteroatoms. The molecule has 0 atom stereocenters. The van der Waals surface area contributed by atoms with Gasteiger partial charge >= 0.3 is 0 Å². The van der Waals surface area contributed by atoms with Crippen molar-refractivity contribution in [3.05, 3.63) is 0 Å². The first kappa shape index (κ1) is 12.9. The van der Waals surface area contributed by atoms with Crippen molar-refractivity contribution >= 4 is 19.9 Å². The summed E-state index contributed by atoms with van der Waals surface area (Å²) >= 11 is 0. The van der Waals surface area contributed by atoms with E-state index in [9.17, 15) is 16.8 Å². The summed E-state index contributed by atoms with van der Waals surface area (Å²) in [7, 11) is -6.90. The van der Waals surface area contributed by atoms with Crippen LogP contribution in [0.3, 0.4) is 0 Å². The number of unbranched alkanes of at least 4 members (excludes halogenated alkanes) is 1. The van der Waals surface area contributed by atoms with E-state index in [1.165, 1.54) is 0 Å². The normalized spacial score (nSPS) is 13.1. The standard InChI is InChI=1S/C6H15NO4S2/c1-2-3-4-12(8,9)5-6-13(7,10)11/h2-6H2,1H3,(H2,7,10,11). The molecule has 0 aliphatic rings. The molecule has 0 bridgehead atoms. The Hall–Kier alpha value is -0.140. The van der Waals surface area contributed by atoms with Gasteiger partial charge in [0, 0.05) is 0 Å². The molecule has 0 heterocycles. The highest BCUT2D eigenvalue weighted by molar-refractivity contribution is 7.94. The Morgan fingerprint density at radius 3 is 1.92 bits per heavy atom. The van der Waals surface area contributed by atoms with Crippen LogP contribution in [0, 0.1) is 0 Å². The van der Waals surface area contributed by atoms with E-state index >= 15 is 0 Å². The zero-order valence-electron chi connectivity index (χ0n) is 7.56. The quantitative estimate of drug-likeness (QED) is 0.663. The number of hydrogen-bond donors (Lipinski definition) is 1. The van der Waals surface area contributed by atoms with E-state index < -0.39 is 25.6 Å². The molecule has 0 fully saturated rings. The summed E-state index contributed by atoms with van der Waals surface area (Å²) in [5, 5.41) is 4.68. The molecule has 0 radical (unpaired) electrons. The lowest BCUT2D eigenvalue weighted by molar-refractivity contribution is 0.586. The molecule has 0 rings (SSSR count). The van der Waals surface area contributed by atoms with Crippen LogP contribution in [0.5, 0.6) is 0 Å². The minimum absolute atomic E-state index is 0.0407. The minimum Gasteiger partial charge on any atom is -0.229 e. The van der Waals surface area contributed by atoms with Crippen LogP contribution < -0.4 is 5.14 Å². The van der Waals surface area contributed by atoms with E-state index in [0.717, 1.165) is 6.42 Å². The average Bonchev–Trinajstić information content (AvgIpc) is 1.97. The van der Waals surface area contributed by atoms with Gasteiger partial charge in [0.05, 0.1) is 17.3 Å². The third kappa shape index (κ3) is 8.20. The molecule has 0 saturated heterocycles. The summed E-state index contributed by atoms with van der Waals surface area (Å²) < 4.78 is 43.2. The number of nitrogens with two attached hydrogens (primary N) is 1. The largest absolute Gasteiger partial charge is 0.229 e. The Balaban J connectivity index is 4.05. The smallest absolute Gasteiger partial charge is 0.210 e. The van der Waals surface area contributed by atoms with Crippen LogP contribution in [0.15, 0.2) is 0 Å². The molecular weight excluding hydrogens is 214 g/mol. The van der Waals surface area contributed by atoms with Gasteiger partial charge in [-0.05, 0) is 6.42 Å². The first-order valence-corrected chi connectivity index (χ1v) is 7.51. The molecule has 0 aliphatic heterocycles. The van der Waals surface area contributed by atoms with E-state index in [2.05, 4.69) is 5.14 Å². The second kappa shape index (κ2) is 4.92. The molecule has 0 unspecified atom stereocenters. The van der Waals surface area contributed by atoms with E-state index in [4.69, 9.17) is 0 Å². The summed E-state index contributed by atoms with van der Waals surface area (Å²) in [4.78, 5) is 0. The average molecular weight is 229 g/mol. The maximum absolute atomic E-state index is 11.1. The van der Waals surface area contributed by atoms with E-state index in [1.807, 2.05) is 6.92 Å². The molecule has 0 aromatic heterocycles. The van der Waals surface area contributed by atoms with Crippen LogP contribution in [-0.4, -0.2) is 34.1 Å². The van der Waals surface area contributed by atoms with Crippen LogP contribution in [-0.2, 0) is 19.9 Å². The van der Waals surface area contributed by atoms with Crippen molar-refractivity contribution in [2.24, 2.45) is 5.14 Å². The lowest BCUT2D eigenvalue weighted by atomic mass is 10.4. The van der Waals surface area contributed by atoms with Gasteiger partial charge in [-0.1, -0.05) is 13.3 Å². The van der Waals surface area contributed by atoms with Crippen LogP contribution in [0.1, 0.15) is 19.8 Å². The summed E-state index contributed by atoms with van der Waals surface area (Å²) in [6.45, 7) is 1.87. The van der Waals surface area contributed by atoms with Crippen LogP contribution in [0.4, 0.5) is 0 Å². The second-order valence-electron chi connectivity index (χ2n) is 2.87. The first-order valence-electron chi connectivity index (χ1n) is 3.98. The number of sulfonamides is 1. The third-order valence-corrected chi connectivity index (χ3v) is 4.26. The van der Waals surface area contributed by atoms with E-state index in [1.54, 1.807) is 0 Å². The van der Waals surface area contributed by atoms with Gasteiger partial charge in [-0.2, -0.15) is 0 Å². The molecule has 5 nitrogen and oxygen atoms in total. The number of hydrogen-bond acceptors (Lipinski definition) is 4. The summed E-state index contributed by atoms with van der Waals surface area (Å²) in [5.74, 6) is -0.816. The summed E-state index contributed by atoms with van der Waals surface area (Å²) in [6, 6.07) is 0. The molecule has 80 valence electrons. The number of sulfone groups is 1. The van der Waals surface area contributed by atoms with Gasteiger partial charge in [0.2, 0.25) is 10.0 Å². The Labute approximate surface area is 79.3 Å². The highest BCUT2D eigenvalue weighted by Gasteiger charge is 2.13. The summed E-state index contributed by atoms with van der Waals surface area (Å²) in [5.41, 5.74) is 0. The Morgan fingerprint density at radius 2 is 1.54 bits per heavy atom. The van der Waals surface area contributed by atoms with E-state index in [0.29, 0.717) is 6.42 Å². The summed E-state index contributed by atoms with van der Waals surface area (Å²) in [6.07, 6.45) is 1.33. The van der Waals surface area contributed by atoms with Crippen molar-refractivity contribution in [3.63, 3.8) is 0 Å². The molecule has 2 N–H and O–H groups in total. The Morgan fingerprint density at radius 1 is 1.00 bits per heavy atom. The van der Waals surface area contributed by atoms with Gasteiger partial charge in [-0.15, -0.1) is 0 Å². The van der Waals surface area contributed by atoms with Gasteiger partial charge in [-0.25, -0.2) is 22.0 Å². The van der Waals surface area contributed by atoms with Crippen LogP contribution in [0.25, 0.3) is 0 Å². The predicted molar refractivity (Wildman–Crippen MR) is 51.5 cm³/mol. The van der Waals surface area contributed by atoms with E-state index in [-0.39, 0.29) is 11.5 Å². The lowest BCUT2D eigenvalue weighted by Crippen LogP contribution is -2.24. The van der Waals surface area contributed by atoms with Crippen molar-refractivity contribution < 1.29 is 16.8 Å². The Bertz CT molecular complexity index is 330. The minimum atomic E-state index is -3.66. The highest BCUT2D eigenvalue weighted by Crippen LogP contribution is 1.97. The molecule has 0 aromatic carbocycles. The lowest BCUT2D eigenvalue weighted by Gasteiger charge is -2.01. The number of rotatable bonds is 6. The zero-order chi connectivity index (χ0) is 10.5. The van der Waals surface area contributed by atoms with Crippen molar-refractivity contribution in [1.29, 1.82) is 0 Å².